The third-order valence-electron chi connectivity index (χ3n) is 5.17. The van der Waals surface area contributed by atoms with Crippen LogP contribution in [0.1, 0.15) is 0 Å². The van der Waals surface area contributed by atoms with Crippen LogP contribution in [0.3, 0.4) is 0 Å². The largest absolute Gasteiger partial charge is 0.463 e. The number of amides is 3. The van der Waals surface area contributed by atoms with Crippen molar-refractivity contribution < 1.29 is 53.4 Å². The van der Waals surface area contributed by atoms with E-state index in [9.17, 15) is 29.7 Å². The van der Waals surface area contributed by atoms with Crippen molar-refractivity contribution in [3.8, 4) is 0 Å². The Bertz CT molecular complexity index is 875. The maximum atomic E-state index is 12.3. The van der Waals surface area contributed by atoms with Crippen LogP contribution in [0, 0.1) is 0 Å². The van der Waals surface area contributed by atoms with Gasteiger partial charge < -0.3 is 50.1 Å². The van der Waals surface area contributed by atoms with E-state index in [1.807, 2.05) is 0 Å². The van der Waals surface area contributed by atoms with Crippen molar-refractivity contribution in [2.24, 2.45) is 5.73 Å². The summed E-state index contributed by atoms with van der Waals surface area (Å²) in [6.07, 6.45) is -8.39. The lowest BCUT2D eigenvalue weighted by Gasteiger charge is -2.34. The molecule has 33 heavy (non-hydrogen) atoms. The Balaban J connectivity index is 1.83. The van der Waals surface area contributed by atoms with E-state index in [0.717, 1.165) is 18.1 Å². The first-order valence-electron chi connectivity index (χ1n) is 9.69. The average molecular weight is 471 g/mol. The zero-order valence-electron chi connectivity index (χ0n) is 17.7. The minimum atomic E-state index is -1.74. The van der Waals surface area contributed by atoms with Crippen molar-refractivity contribution >= 4 is 17.9 Å². The van der Waals surface area contributed by atoms with E-state index < -0.39 is 72.8 Å². The van der Waals surface area contributed by atoms with Gasteiger partial charge >= 0.3 is 12.0 Å². The molecule has 8 atom stereocenters. The van der Waals surface area contributed by atoms with Crippen LogP contribution >= 0.6 is 0 Å². The summed E-state index contributed by atoms with van der Waals surface area (Å²) >= 11 is 0. The molecule has 0 unspecified atom stereocenters. The Hall–Kier alpha value is -3.01. The molecule has 3 aliphatic rings. The van der Waals surface area contributed by atoms with E-state index >= 15 is 0 Å². The van der Waals surface area contributed by atoms with Gasteiger partial charge in [0.05, 0.1) is 7.11 Å². The molecule has 0 bridgehead atoms. The minimum Gasteiger partial charge on any atom is -0.463 e. The fourth-order valence-corrected chi connectivity index (χ4v) is 3.53. The second-order valence-corrected chi connectivity index (χ2v) is 7.31. The predicted octanol–water partition coefficient (Wildman–Crippen LogP) is -2.85. The first kappa shape index (κ1) is 24.6. The lowest BCUT2D eigenvalue weighted by atomic mass is 10.0. The van der Waals surface area contributed by atoms with Crippen molar-refractivity contribution in [2.45, 2.75) is 49.1 Å². The summed E-state index contributed by atoms with van der Waals surface area (Å²) in [4.78, 5) is 37.3. The van der Waals surface area contributed by atoms with Crippen molar-refractivity contribution in [2.75, 3.05) is 14.2 Å². The SMILES string of the molecule is C=C1C=CN([C@@H]2O[C@H]([C@@H](O[C@H]3OC(C(=O)OC)=C[C@H](O)[C@@H]3O)C(N)=O)[C@@H](OC)[C@H]2O)C(=O)N1. The molecule has 1 fully saturated rings. The second kappa shape index (κ2) is 9.86. The number of aliphatic hydroxyl groups is 3. The third-order valence-corrected chi connectivity index (χ3v) is 5.17. The van der Waals surface area contributed by atoms with Crippen LogP contribution in [0.4, 0.5) is 4.79 Å². The first-order chi connectivity index (χ1) is 15.6. The summed E-state index contributed by atoms with van der Waals surface area (Å²) in [7, 11) is 2.30. The number of carbonyl (C=O) groups excluding carboxylic acids is 3. The number of carbonyl (C=O) groups is 3. The number of rotatable bonds is 7. The molecule has 182 valence electrons. The number of primary amides is 1. The molecule has 0 saturated carbocycles. The van der Waals surface area contributed by atoms with Gasteiger partial charge in [-0.1, -0.05) is 6.58 Å². The smallest absolute Gasteiger partial charge is 0.373 e. The Morgan fingerprint density at radius 2 is 1.97 bits per heavy atom. The predicted molar refractivity (Wildman–Crippen MR) is 105 cm³/mol. The summed E-state index contributed by atoms with van der Waals surface area (Å²) in [6, 6.07) is -0.652. The summed E-state index contributed by atoms with van der Waals surface area (Å²) < 4.78 is 26.2. The maximum absolute atomic E-state index is 12.3. The summed E-state index contributed by atoms with van der Waals surface area (Å²) in [5, 5.41) is 33.4. The van der Waals surface area contributed by atoms with Crippen molar-refractivity contribution in [1.82, 2.24) is 10.2 Å². The number of nitrogens with two attached hydrogens (primary N) is 1. The van der Waals surface area contributed by atoms with Crippen LogP contribution in [0.25, 0.3) is 0 Å². The molecule has 0 aromatic rings. The van der Waals surface area contributed by atoms with Gasteiger partial charge in [0.15, 0.2) is 12.3 Å². The Morgan fingerprint density at radius 3 is 2.55 bits per heavy atom. The molecule has 3 aliphatic heterocycles. The number of allylic oxidation sites excluding steroid dienone is 1. The highest BCUT2D eigenvalue weighted by Crippen LogP contribution is 2.32. The van der Waals surface area contributed by atoms with E-state index in [1.165, 1.54) is 19.4 Å². The van der Waals surface area contributed by atoms with Gasteiger partial charge in [-0.3, -0.25) is 9.69 Å². The lowest BCUT2D eigenvalue weighted by molar-refractivity contribution is -0.242. The number of ether oxygens (including phenoxy) is 5. The number of hydrogen-bond acceptors (Lipinski definition) is 11. The van der Waals surface area contributed by atoms with Crippen LogP contribution in [-0.4, -0.2) is 101 Å². The van der Waals surface area contributed by atoms with E-state index in [0.29, 0.717) is 5.70 Å². The average Bonchev–Trinajstić information content (AvgIpc) is 3.09. The number of nitrogens with zero attached hydrogens (tertiary/aromatic N) is 1. The van der Waals surface area contributed by atoms with Crippen LogP contribution in [0.15, 0.2) is 36.4 Å². The Morgan fingerprint density at radius 1 is 1.27 bits per heavy atom. The molecule has 0 aliphatic carbocycles. The molecule has 14 nitrogen and oxygen atoms in total. The molecule has 3 amide bonds. The summed E-state index contributed by atoms with van der Waals surface area (Å²) in [5.74, 6) is -2.52. The highest BCUT2D eigenvalue weighted by atomic mass is 16.7. The molecule has 6 N–H and O–H groups in total. The van der Waals surface area contributed by atoms with Crippen LogP contribution in [0.2, 0.25) is 0 Å². The summed E-state index contributed by atoms with van der Waals surface area (Å²) in [6.45, 7) is 3.59. The van der Waals surface area contributed by atoms with Crippen LogP contribution in [-0.2, 0) is 33.3 Å². The topological polar surface area (TPSA) is 199 Å². The zero-order valence-corrected chi connectivity index (χ0v) is 17.7. The lowest BCUT2D eigenvalue weighted by Crippen LogP contribution is -2.53. The summed E-state index contributed by atoms with van der Waals surface area (Å²) in [5.41, 5.74) is 5.78. The molecule has 3 rings (SSSR count). The number of nitrogens with one attached hydrogen (secondary N) is 1. The highest BCUT2D eigenvalue weighted by molar-refractivity contribution is 5.86. The van der Waals surface area contributed by atoms with Crippen LogP contribution < -0.4 is 11.1 Å². The minimum absolute atomic E-state index is 0.318. The first-order valence-corrected chi connectivity index (χ1v) is 9.69. The highest BCUT2D eigenvalue weighted by Gasteiger charge is 2.54. The van der Waals surface area contributed by atoms with Crippen LogP contribution in [0.5, 0.6) is 0 Å². The molecule has 0 aromatic carbocycles. The van der Waals surface area contributed by atoms with E-state index in [-0.39, 0.29) is 0 Å². The molecule has 1 saturated heterocycles. The number of esters is 1. The molecule has 3 heterocycles. The van der Waals surface area contributed by atoms with E-state index in [2.05, 4.69) is 16.6 Å². The van der Waals surface area contributed by atoms with Gasteiger partial charge in [0, 0.05) is 19.0 Å². The molecule has 0 aromatic heterocycles. The Kier molecular flexibility index (Phi) is 7.36. The monoisotopic (exact) mass is 471 g/mol. The Labute approximate surface area is 187 Å². The number of methoxy groups -OCH3 is 2. The third kappa shape index (κ3) is 4.85. The van der Waals surface area contributed by atoms with Gasteiger partial charge in [-0.25, -0.2) is 9.59 Å². The van der Waals surface area contributed by atoms with Crippen molar-refractivity contribution in [1.29, 1.82) is 0 Å². The van der Waals surface area contributed by atoms with Gasteiger partial charge in [-0.15, -0.1) is 0 Å². The number of aliphatic hydroxyl groups excluding tert-OH is 3. The molecule has 14 heteroatoms. The van der Waals surface area contributed by atoms with E-state index in [1.54, 1.807) is 0 Å². The fraction of sp³-hybridized carbons (Fsp3) is 0.526. The number of hydrogen-bond donors (Lipinski definition) is 5. The molecule has 0 radical (unpaired) electrons. The van der Waals surface area contributed by atoms with Crippen molar-refractivity contribution in [3.63, 3.8) is 0 Å². The van der Waals surface area contributed by atoms with Crippen molar-refractivity contribution in [3.05, 3.63) is 36.4 Å². The quantitative estimate of drug-likeness (QED) is 0.239. The molecular formula is C19H25N3O11. The second-order valence-electron chi connectivity index (χ2n) is 7.31. The molecular weight excluding hydrogens is 446 g/mol. The normalized spacial score (nSPS) is 34.9. The fourth-order valence-electron chi connectivity index (χ4n) is 3.53. The standard InChI is InChI=1S/C19H25N3O11/c1-7-4-5-22(19(28)21-7)16-11(25)12(29-2)13(32-16)14(15(20)26)33-18-10(24)8(23)6-9(31-18)17(27)30-3/h4-6,8,10-14,16,18,23-25H,1H2,2-3H3,(H2,20,26)(H,21,28)/t8-,10-,11+,12-,13-,14+,16+,18+/m0/s1. The van der Waals surface area contributed by atoms with Gasteiger partial charge in [0.25, 0.3) is 0 Å². The number of urea groups is 1. The maximum Gasteiger partial charge on any atom is 0.373 e. The van der Waals surface area contributed by atoms with Gasteiger partial charge in [0.1, 0.15) is 30.5 Å². The molecule has 0 spiro atoms. The van der Waals surface area contributed by atoms with Gasteiger partial charge in [0.2, 0.25) is 18.0 Å². The van der Waals surface area contributed by atoms with Gasteiger partial charge in [-0.05, 0) is 12.2 Å². The zero-order chi connectivity index (χ0) is 24.4. The van der Waals surface area contributed by atoms with Gasteiger partial charge in [-0.2, -0.15) is 0 Å². The van der Waals surface area contributed by atoms with E-state index in [4.69, 9.17) is 24.7 Å².